The monoisotopic (exact) mass is 398 g/mol. The topological polar surface area (TPSA) is 62.1 Å². The zero-order valence-corrected chi connectivity index (χ0v) is 14.8. The Balaban J connectivity index is 2.03. The summed E-state index contributed by atoms with van der Waals surface area (Å²) in [5, 5.41) is 14.4. The molecule has 2 aromatic carbocycles. The molecule has 0 saturated heterocycles. The number of ether oxygens (including phenoxy) is 1. The number of benzene rings is 2. The second kappa shape index (κ2) is 6.86. The van der Waals surface area contributed by atoms with Crippen LogP contribution in [0.3, 0.4) is 0 Å². The number of rotatable bonds is 3. The fourth-order valence-corrected chi connectivity index (χ4v) is 2.86. The number of amides is 1. The molecule has 1 aliphatic rings. The summed E-state index contributed by atoms with van der Waals surface area (Å²) in [5.41, 5.74) is -3.32. The summed E-state index contributed by atoms with van der Waals surface area (Å²) in [7, 11) is 1.45. The molecule has 0 spiro atoms. The van der Waals surface area contributed by atoms with Crippen LogP contribution in [0, 0.1) is 0 Å². The fraction of sp³-hybridized carbons (Fsp3) is 0.222. The summed E-state index contributed by atoms with van der Waals surface area (Å²) in [6.45, 7) is 0. The summed E-state index contributed by atoms with van der Waals surface area (Å²) in [6.07, 6.45) is -6.01. The molecule has 0 bridgehead atoms. The van der Waals surface area contributed by atoms with E-state index in [4.69, 9.17) is 16.3 Å². The number of nitrogens with zero attached hydrogens (tertiary/aromatic N) is 2. The quantitative estimate of drug-likeness (QED) is 0.854. The minimum atomic E-state index is -5.11. The molecule has 27 heavy (non-hydrogen) atoms. The van der Waals surface area contributed by atoms with E-state index in [2.05, 4.69) is 5.10 Å². The molecule has 1 aliphatic heterocycles. The highest BCUT2D eigenvalue weighted by Gasteiger charge is 2.63. The van der Waals surface area contributed by atoms with Gasteiger partial charge in [-0.05, 0) is 48.0 Å². The summed E-state index contributed by atoms with van der Waals surface area (Å²) >= 11 is 5.81. The largest absolute Gasteiger partial charge is 0.497 e. The molecular formula is C18H14ClF3N2O3. The van der Waals surface area contributed by atoms with Gasteiger partial charge < -0.3 is 9.84 Å². The number of methoxy groups -OCH3 is 1. The molecule has 1 atom stereocenters. The van der Waals surface area contributed by atoms with Gasteiger partial charge in [0.05, 0.1) is 19.2 Å². The molecule has 0 fully saturated rings. The molecule has 0 saturated carbocycles. The van der Waals surface area contributed by atoms with E-state index in [0.717, 1.165) is 0 Å². The average Bonchev–Trinajstić information content (AvgIpc) is 3.00. The molecule has 0 aromatic heterocycles. The van der Waals surface area contributed by atoms with Gasteiger partial charge in [-0.2, -0.15) is 23.3 Å². The number of hydrazone groups is 1. The van der Waals surface area contributed by atoms with Gasteiger partial charge in [-0.3, -0.25) is 4.79 Å². The summed E-state index contributed by atoms with van der Waals surface area (Å²) in [4.78, 5) is 12.6. The van der Waals surface area contributed by atoms with Gasteiger partial charge >= 0.3 is 6.18 Å². The van der Waals surface area contributed by atoms with E-state index < -0.39 is 24.2 Å². The Kier molecular flexibility index (Phi) is 4.88. The zero-order valence-electron chi connectivity index (χ0n) is 14.0. The molecule has 5 nitrogen and oxygen atoms in total. The van der Waals surface area contributed by atoms with Crippen molar-refractivity contribution < 1.29 is 27.8 Å². The van der Waals surface area contributed by atoms with Crippen LogP contribution >= 0.6 is 11.6 Å². The van der Waals surface area contributed by atoms with Crippen molar-refractivity contribution in [2.24, 2.45) is 5.10 Å². The Labute approximate surface area is 157 Å². The van der Waals surface area contributed by atoms with Gasteiger partial charge in [0.1, 0.15) is 5.75 Å². The fourth-order valence-electron chi connectivity index (χ4n) is 2.67. The van der Waals surface area contributed by atoms with Gasteiger partial charge in [0.15, 0.2) is 0 Å². The first-order chi connectivity index (χ1) is 12.7. The Bertz CT molecular complexity index is 899. The van der Waals surface area contributed by atoms with Gasteiger partial charge in [-0.15, -0.1) is 0 Å². The van der Waals surface area contributed by atoms with E-state index in [9.17, 15) is 23.1 Å². The molecule has 1 heterocycles. The van der Waals surface area contributed by atoms with Crippen molar-refractivity contribution >= 4 is 23.2 Å². The summed E-state index contributed by atoms with van der Waals surface area (Å²) < 4.78 is 45.8. The predicted molar refractivity (Wildman–Crippen MR) is 92.8 cm³/mol. The van der Waals surface area contributed by atoms with Crippen LogP contribution in [0.15, 0.2) is 53.6 Å². The third-order valence-electron chi connectivity index (χ3n) is 4.13. The van der Waals surface area contributed by atoms with Crippen molar-refractivity contribution in [3.8, 4) is 5.75 Å². The SMILES string of the molecule is COc1ccc(C2=NN(C(=O)c3cccc(Cl)c3)[C@](O)(C(F)(F)F)C2)cc1. The Morgan fingerprint density at radius 1 is 1.26 bits per heavy atom. The first kappa shape index (κ1) is 19.2. The third-order valence-corrected chi connectivity index (χ3v) is 4.36. The first-order valence-corrected chi connectivity index (χ1v) is 8.14. The minimum Gasteiger partial charge on any atom is -0.497 e. The lowest BCUT2D eigenvalue weighted by Crippen LogP contribution is -2.56. The maximum Gasteiger partial charge on any atom is 0.438 e. The molecular weight excluding hydrogens is 385 g/mol. The van der Waals surface area contributed by atoms with Gasteiger partial charge in [-0.25, -0.2) is 0 Å². The van der Waals surface area contributed by atoms with E-state index >= 15 is 0 Å². The molecule has 0 radical (unpaired) electrons. The summed E-state index contributed by atoms with van der Waals surface area (Å²) in [5.74, 6) is -0.601. The second-order valence-corrected chi connectivity index (χ2v) is 6.33. The van der Waals surface area contributed by atoms with Gasteiger partial charge in [0.2, 0.25) is 0 Å². The minimum absolute atomic E-state index is 0.0677. The lowest BCUT2D eigenvalue weighted by molar-refractivity contribution is -0.297. The van der Waals surface area contributed by atoms with Crippen LogP contribution in [0.1, 0.15) is 22.3 Å². The average molecular weight is 399 g/mol. The number of hydrogen-bond donors (Lipinski definition) is 1. The van der Waals surface area contributed by atoms with E-state index in [1.165, 1.54) is 43.5 Å². The van der Waals surface area contributed by atoms with Crippen molar-refractivity contribution in [2.45, 2.75) is 18.3 Å². The smallest absolute Gasteiger partial charge is 0.438 e. The van der Waals surface area contributed by atoms with E-state index in [-0.39, 0.29) is 21.3 Å². The predicted octanol–water partition coefficient (Wildman–Crippen LogP) is 3.85. The second-order valence-electron chi connectivity index (χ2n) is 5.89. The van der Waals surface area contributed by atoms with Gasteiger partial charge in [-0.1, -0.05) is 17.7 Å². The van der Waals surface area contributed by atoms with Crippen molar-refractivity contribution in [1.82, 2.24) is 5.01 Å². The summed E-state index contributed by atoms with van der Waals surface area (Å²) in [6, 6.07) is 11.5. The van der Waals surface area contributed by atoms with E-state index in [1.54, 1.807) is 12.1 Å². The highest BCUT2D eigenvalue weighted by Crippen LogP contribution is 2.42. The molecule has 142 valence electrons. The highest BCUT2D eigenvalue weighted by molar-refractivity contribution is 6.31. The maximum atomic E-state index is 13.6. The normalized spacial score (nSPS) is 19.8. The lowest BCUT2D eigenvalue weighted by atomic mass is 10.0. The van der Waals surface area contributed by atoms with Crippen LogP contribution < -0.4 is 4.74 Å². The Morgan fingerprint density at radius 3 is 2.48 bits per heavy atom. The van der Waals surface area contributed by atoms with Crippen molar-refractivity contribution in [3.63, 3.8) is 0 Å². The maximum absolute atomic E-state index is 13.6. The van der Waals surface area contributed by atoms with Crippen LogP contribution in [-0.2, 0) is 0 Å². The van der Waals surface area contributed by atoms with Crippen LogP contribution in [-0.4, -0.2) is 40.7 Å². The van der Waals surface area contributed by atoms with Crippen LogP contribution in [0.5, 0.6) is 5.75 Å². The molecule has 9 heteroatoms. The molecule has 0 aliphatic carbocycles. The standard InChI is InChI=1S/C18H14ClF3N2O3/c1-27-14-7-5-11(6-8-14)15-10-17(26,18(20,21)22)24(23-15)16(25)12-3-2-4-13(19)9-12/h2-9,26H,10H2,1H3/t17-/m1/s1. The zero-order chi connectivity index (χ0) is 19.8. The van der Waals surface area contributed by atoms with Gasteiger partial charge in [0.25, 0.3) is 11.6 Å². The number of alkyl halides is 3. The van der Waals surface area contributed by atoms with Crippen molar-refractivity contribution in [1.29, 1.82) is 0 Å². The molecule has 0 unspecified atom stereocenters. The number of hydrogen-bond acceptors (Lipinski definition) is 4. The molecule has 3 rings (SSSR count). The van der Waals surface area contributed by atoms with Crippen molar-refractivity contribution in [3.05, 3.63) is 64.7 Å². The van der Waals surface area contributed by atoms with E-state index in [0.29, 0.717) is 11.3 Å². The lowest BCUT2D eigenvalue weighted by Gasteiger charge is -2.32. The van der Waals surface area contributed by atoms with E-state index in [1.807, 2.05) is 0 Å². The number of halogens is 4. The molecule has 2 aromatic rings. The molecule has 1 amide bonds. The highest BCUT2D eigenvalue weighted by atomic mass is 35.5. The third kappa shape index (κ3) is 3.50. The van der Waals surface area contributed by atoms with Crippen LogP contribution in [0.4, 0.5) is 13.2 Å². The van der Waals surface area contributed by atoms with Gasteiger partial charge in [0, 0.05) is 10.6 Å². The van der Waals surface area contributed by atoms with Crippen molar-refractivity contribution in [2.75, 3.05) is 7.11 Å². The Hall–Kier alpha value is -2.58. The number of carbonyl (C=O) groups is 1. The van der Waals surface area contributed by atoms with Crippen LogP contribution in [0.25, 0.3) is 0 Å². The molecule has 1 N–H and O–H groups in total. The Morgan fingerprint density at radius 2 is 1.93 bits per heavy atom. The number of aliphatic hydroxyl groups is 1. The van der Waals surface area contributed by atoms with Crippen LogP contribution in [0.2, 0.25) is 5.02 Å². The first-order valence-electron chi connectivity index (χ1n) is 7.77. The number of carbonyl (C=O) groups excluding carboxylic acids is 1.